The van der Waals surface area contributed by atoms with Crippen LogP contribution in [-0.2, 0) is 12.8 Å². The van der Waals surface area contributed by atoms with Crippen molar-refractivity contribution in [3.8, 4) is 10.6 Å². The lowest BCUT2D eigenvalue weighted by Crippen LogP contribution is -2.26. The molecule has 3 heteroatoms. The first kappa shape index (κ1) is 10.00. The molecule has 1 aromatic heterocycles. The number of benzene rings is 1. The Balaban J connectivity index is 1.99. The predicted molar refractivity (Wildman–Crippen MR) is 67.6 cm³/mol. The molecule has 0 aliphatic heterocycles. The largest absolute Gasteiger partial charge is 0.327 e. The lowest BCUT2D eigenvalue weighted by atomic mass is 9.99. The summed E-state index contributed by atoms with van der Waals surface area (Å²) in [5, 5.41) is 1.14. The van der Waals surface area contributed by atoms with Gasteiger partial charge in [0, 0.05) is 16.5 Å². The summed E-state index contributed by atoms with van der Waals surface area (Å²) in [6, 6.07) is 10.7. The summed E-state index contributed by atoms with van der Waals surface area (Å²) < 4.78 is 0. The molecule has 82 valence electrons. The van der Waals surface area contributed by atoms with Crippen LogP contribution in [0.25, 0.3) is 10.6 Å². The number of hydrogen-bond acceptors (Lipinski definition) is 3. The Morgan fingerprint density at radius 1 is 1.25 bits per heavy atom. The summed E-state index contributed by atoms with van der Waals surface area (Å²) in [6.07, 6.45) is 3.12. The standard InChI is InChI=1S/C13H14N2S/c14-10-6-7-11-12(8-10)16-13(15-11)9-4-2-1-3-5-9/h1-5,10H,6-8,14H2. The van der Waals surface area contributed by atoms with Crippen molar-refractivity contribution in [2.75, 3.05) is 0 Å². The van der Waals surface area contributed by atoms with Crippen molar-refractivity contribution in [1.82, 2.24) is 4.98 Å². The van der Waals surface area contributed by atoms with E-state index in [4.69, 9.17) is 10.7 Å². The fourth-order valence-corrected chi connectivity index (χ4v) is 3.31. The highest BCUT2D eigenvalue weighted by atomic mass is 32.1. The maximum atomic E-state index is 5.98. The molecule has 1 atom stereocenters. The van der Waals surface area contributed by atoms with E-state index in [1.807, 2.05) is 6.07 Å². The van der Waals surface area contributed by atoms with Gasteiger partial charge in [-0.1, -0.05) is 30.3 Å². The second-order valence-electron chi connectivity index (χ2n) is 4.26. The molecule has 1 aromatic carbocycles. The SMILES string of the molecule is NC1CCc2nc(-c3ccccc3)sc2C1. The molecule has 0 radical (unpaired) electrons. The molecular formula is C13H14N2S. The molecule has 3 rings (SSSR count). The minimum Gasteiger partial charge on any atom is -0.327 e. The van der Waals surface area contributed by atoms with Gasteiger partial charge in [-0.25, -0.2) is 4.98 Å². The summed E-state index contributed by atoms with van der Waals surface area (Å²) in [7, 11) is 0. The molecule has 2 nitrogen and oxygen atoms in total. The Kier molecular flexibility index (Phi) is 2.50. The van der Waals surface area contributed by atoms with E-state index >= 15 is 0 Å². The first-order chi connectivity index (χ1) is 7.83. The highest BCUT2D eigenvalue weighted by molar-refractivity contribution is 7.15. The molecule has 0 bridgehead atoms. The maximum Gasteiger partial charge on any atom is 0.123 e. The van der Waals surface area contributed by atoms with Gasteiger partial charge in [-0.15, -0.1) is 11.3 Å². The van der Waals surface area contributed by atoms with Crippen molar-refractivity contribution in [2.45, 2.75) is 25.3 Å². The third-order valence-electron chi connectivity index (χ3n) is 3.00. The number of nitrogens with two attached hydrogens (primary N) is 1. The minimum absolute atomic E-state index is 0.330. The van der Waals surface area contributed by atoms with Gasteiger partial charge in [-0.05, 0) is 19.3 Å². The van der Waals surface area contributed by atoms with E-state index in [1.54, 1.807) is 11.3 Å². The molecule has 0 saturated heterocycles. The molecule has 1 unspecified atom stereocenters. The number of thiazole rings is 1. The highest BCUT2D eigenvalue weighted by Gasteiger charge is 2.20. The third kappa shape index (κ3) is 1.77. The van der Waals surface area contributed by atoms with Crippen molar-refractivity contribution in [3.63, 3.8) is 0 Å². The second-order valence-corrected chi connectivity index (χ2v) is 5.34. The van der Waals surface area contributed by atoms with Gasteiger partial charge in [0.1, 0.15) is 5.01 Å². The van der Waals surface area contributed by atoms with E-state index in [0.717, 1.165) is 24.3 Å². The number of nitrogens with zero attached hydrogens (tertiary/aromatic N) is 1. The van der Waals surface area contributed by atoms with Gasteiger partial charge in [0.25, 0.3) is 0 Å². The van der Waals surface area contributed by atoms with E-state index in [9.17, 15) is 0 Å². The van der Waals surface area contributed by atoms with Crippen LogP contribution in [-0.4, -0.2) is 11.0 Å². The molecule has 2 aromatic rings. The van der Waals surface area contributed by atoms with Crippen LogP contribution >= 0.6 is 11.3 Å². The van der Waals surface area contributed by atoms with E-state index in [-0.39, 0.29) is 0 Å². The quantitative estimate of drug-likeness (QED) is 0.818. The second kappa shape index (κ2) is 4.00. The number of fused-ring (bicyclic) bond motifs is 1. The molecule has 0 spiro atoms. The number of hydrogen-bond donors (Lipinski definition) is 1. The van der Waals surface area contributed by atoms with Gasteiger partial charge in [0.05, 0.1) is 5.69 Å². The van der Waals surface area contributed by atoms with Crippen molar-refractivity contribution in [2.24, 2.45) is 5.73 Å². The highest BCUT2D eigenvalue weighted by Crippen LogP contribution is 2.32. The normalized spacial score (nSPS) is 19.4. The van der Waals surface area contributed by atoms with E-state index in [0.29, 0.717) is 6.04 Å². The van der Waals surface area contributed by atoms with Gasteiger partial charge in [0.2, 0.25) is 0 Å². The molecule has 2 N–H and O–H groups in total. The number of aryl methyl sites for hydroxylation is 1. The molecule has 1 aliphatic carbocycles. The molecule has 0 amide bonds. The van der Waals surface area contributed by atoms with Crippen LogP contribution in [0.3, 0.4) is 0 Å². The van der Waals surface area contributed by atoms with Crippen LogP contribution in [0.2, 0.25) is 0 Å². The lowest BCUT2D eigenvalue weighted by molar-refractivity contribution is 0.576. The summed E-state index contributed by atoms with van der Waals surface area (Å²) in [5.74, 6) is 0. The van der Waals surface area contributed by atoms with Crippen LogP contribution < -0.4 is 5.73 Å². The van der Waals surface area contributed by atoms with Crippen LogP contribution in [0, 0.1) is 0 Å². The summed E-state index contributed by atoms with van der Waals surface area (Å²) in [4.78, 5) is 6.11. The van der Waals surface area contributed by atoms with Crippen molar-refractivity contribution < 1.29 is 0 Å². The van der Waals surface area contributed by atoms with Crippen LogP contribution in [0.1, 0.15) is 17.0 Å². The van der Waals surface area contributed by atoms with Gasteiger partial charge >= 0.3 is 0 Å². The Bertz CT molecular complexity index is 490. The van der Waals surface area contributed by atoms with Crippen LogP contribution in [0.5, 0.6) is 0 Å². The molecule has 1 aliphatic rings. The fraction of sp³-hybridized carbons (Fsp3) is 0.308. The number of aromatic nitrogens is 1. The van der Waals surface area contributed by atoms with E-state index in [2.05, 4.69) is 24.3 Å². The first-order valence-electron chi connectivity index (χ1n) is 5.62. The molecule has 0 saturated carbocycles. The van der Waals surface area contributed by atoms with Crippen LogP contribution in [0.15, 0.2) is 30.3 Å². The predicted octanol–water partition coefficient (Wildman–Crippen LogP) is 2.63. The third-order valence-corrected chi connectivity index (χ3v) is 4.17. The minimum atomic E-state index is 0.330. The topological polar surface area (TPSA) is 38.9 Å². The average molecular weight is 230 g/mol. The Morgan fingerprint density at radius 3 is 2.88 bits per heavy atom. The first-order valence-corrected chi connectivity index (χ1v) is 6.44. The monoisotopic (exact) mass is 230 g/mol. The van der Waals surface area contributed by atoms with Gasteiger partial charge in [-0.3, -0.25) is 0 Å². The molecular weight excluding hydrogens is 216 g/mol. The molecule has 0 fully saturated rings. The smallest absolute Gasteiger partial charge is 0.123 e. The summed E-state index contributed by atoms with van der Waals surface area (Å²) in [5.41, 5.74) is 8.46. The van der Waals surface area contributed by atoms with E-state index < -0.39 is 0 Å². The Morgan fingerprint density at radius 2 is 2.06 bits per heavy atom. The maximum absolute atomic E-state index is 5.98. The van der Waals surface area contributed by atoms with Gasteiger partial charge < -0.3 is 5.73 Å². The van der Waals surface area contributed by atoms with Crippen molar-refractivity contribution >= 4 is 11.3 Å². The number of rotatable bonds is 1. The van der Waals surface area contributed by atoms with Crippen molar-refractivity contribution in [3.05, 3.63) is 40.9 Å². The molecule has 1 heterocycles. The Labute approximate surface area is 99.1 Å². The van der Waals surface area contributed by atoms with Crippen molar-refractivity contribution in [1.29, 1.82) is 0 Å². The van der Waals surface area contributed by atoms with Gasteiger partial charge in [0.15, 0.2) is 0 Å². The molecule has 16 heavy (non-hydrogen) atoms. The summed E-state index contributed by atoms with van der Waals surface area (Å²) >= 11 is 1.80. The van der Waals surface area contributed by atoms with Crippen LogP contribution in [0.4, 0.5) is 0 Å². The zero-order valence-electron chi connectivity index (χ0n) is 9.02. The Hall–Kier alpha value is -1.19. The van der Waals surface area contributed by atoms with E-state index in [1.165, 1.54) is 16.1 Å². The average Bonchev–Trinajstić information content (AvgIpc) is 2.73. The lowest BCUT2D eigenvalue weighted by Gasteiger charge is -2.15. The zero-order valence-corrected chi connectivity index (χ0v) is 9.83. The van der Waals surface area contributed by atoms with Gasteiger partial charge in [-0.2, -0.15) is 0 Å². The summed E-state index contributed by atoms with van der Waals surface area (Å²) in [6.45, 7) is 0. The fourth-order valence-electron chi connectivity index (χ4n) is 2.10. The zero-order chi connectivity index (χ0) is 11.0.